The molecule has 0 amide bonds. The average Bonchev–Trinajstić information content (AvgIpc) is 2.31. The smallest absolute Gasteiger partial charge is 0.0493 e. The van der Waals surface area contributed by atoms with Crippen molar-refractivity contribution in [1.29, 1.82) is 0 Å². The van der Waals surface area contributed by atoms with Gasteiger partial charge in [-0.3, -0.25) is 0 Å². The molecule has 0 spiro atoms. The highest BCUT2D eigenvalue weighted by Crippen LogP contribution is 2.11. The van der Waals surface area contributed by atoms with E-state index in [0.29, 0.717) is 5.92 Å². The molecule has 0 aliphatic carbocycles. The molecule has 0 heterocycles. The van der Waals surface area contributed by atoms with Crippen LogP contribution < -0.4 is 0 Å². The molecule has 1 heteroatoms. The van der Waals surface area contributed by atoms with Gasteiger partial charge in [-0.2, -0.15) is 0 Å². The second kappa shape index (κ2) is 7.24. The third-order valence-electron chi connectivity index (χ3n) is 2.52. The zero-order valence-corrected chi connectivity index (χ0v) is 9.39. The highest BCUT2D eigenvalue weighted by Gasteiger charge is 2.01. The predicted octanol–water partition coefficient (Wildman–Crippen LogP) is 3.50. The van der Waals surface area contributed by atoms with E-state index >= 15 is 0 Å². The monoisotopic (exact) mass is 204 g/mol. The lowest BCUT2D eigenvalue weighted by atomic mass is 10.0. The minimum absolute atomic E-state index is 0.253. The van der Waals surface area contributed by atoms with Gasteiger partial charge < -0.3 is 5.11 Å². The van der Waals surface area contributed by atoms with Crippen molar-refractivity contribution >= 4 is 6.08 Å². The molecule has 0 radical (unpaired) electrons. The van der Waals surface area contributed by atoms with Crippen molar-refractivity contribution < 1.29 is 5.11 Å². The minimum atomic E-state index is 0.253. The molecule has 1 N–H and O–H groups in total. The maximum atomic E-state index is 9.18. The van der Waals surface area contributed by atoms with Gasteiger partial charge in [0.15, 0.2) is 0 Å². The third kappa shape index (κ3) is 4.80. The first-order valence-electron chi connectivity index (χ1n) is 5.71. The lowest BCUT2D eigenvalue weighted by Crippen LogP contribution is -2.01. The Labute approximate surface area is 92.5 Å². The van der Waals surface area contributed by atoms with Gasteiger partial charge in [0.2, 0.25) is 0 Å². The standard InChI is InChI=1S/C14H20O/c1-2-3-7-14(12-15)11-10-13-8-5-4-6-9-13/h4-6,8-11,14-15H,2-3,7,12H2,1H3/b11-10+. The quantitative estimate of drug-likeness (QED) is 0.752. The van der Waals surface area contributed by atoms with Gasteiger partial charge >= 0.3 is 0 Å². The fraction of sp³-hybridized carbons (Fsp3) is 0.429. The molecule has 1 nitrogen and oxygen atoms in total. The summed E-state index contributed by atoms with van der Waals surface area (Å²) in [6.07, 6.45) is 7.66. The summed E-state index contributed by atoms with van der Waals surface area (Å²) in [5.74, 6) is 0.310. The summed E-state index contributed by atoms with van der Waals surface area (Å²) in [6.45, 7) is 2.43. The van der Waals surface area contributed by atoms with Gasteiger partial charge in [-0.15, -0.1) is 0 Å². The summed E-state index contributed by atoms with van der Waals surface area (Å²) in [6, 6.07) is 10.2. The van der Waals surface area contributed by atoms with E-state index in [4.69, 9.17) is 0 Å². The summed E-state index contributed by atoms with van der Waals surface area (Å²) in [7, 11) is 0. The molecule has 0 bridgehead atoms. The summed E-state index contributed by atoms with van der Waals surface area (Å²) >= 11 is 0. The molecule has 0 saturated carbocycles. The molecule has 1 aromatic rings. The molecule has 82 valence electrons. The topological polar surface area (TPSA) is 20.2 Å². The summed E-state index contributed by atoms with van der Waals surface area (Å²) in [5, 5.41) is 9.18. The first-order valence-corrected chi connectivity index (χ1v) is 5.71. The van der Waals surface area contributed by atoms with Gasteiger partial charge in [0, 0.05) is 12.5 Å². The summed E-state index contributed by atoms with van der Waals surface area (Å²) < 4.78 is 0. The zero-order chi connectivity index (χ0) is 10.9. The molecule has 15 heavy (non-hydrogen) atoms. The number of unbranched alkanes of at least 4 members (excludes halogenated alkanes) is 1. The molecule has 0 saturated heterocycles. The van der Waals surface area contributed by atoms with Crippen LogP contribution in [0.4, 0.5) is 0 Å². The number of benzene rings is 1. The minimum Gasteiger partial charge on any atom is -0.396 e. The molecule has 1 aromatic carbocycles. The van der Waals surface area contributed by atoms with E-state index < -0.39 is 0 Å². The van der Waals surface area contributed by atoms with E-state index in [9.17, 15) is 5.11 Å². The Morgan fingerprint density at radius 3 is 2.60 bits per heavy atom. The van der Waals surface area contributed by atoms with Gasteiger partial charge in [-0.1, -0.05) is 62.2 Å². The first kappa shape index (κ1) is 12.0. The Morgan fingerprint density at radius 1 is 1.27 bits per heavy atom. The fourth-order valence-electron chi connectivity index (χ4n) is 1.53. The molecule has 1 rings (SSSR count). The lowest BCUT2D eigenvalue weighted by Gasteiger charge is -2.07. The van der Waals surface area contributed by atoms with Crippen LogP contribution in [0.5, 0.6) is 0 Å². The van der Waals surface area contributed by atoms with Crippen molar-refractivity contribution in [1.82, 2.24) is 0 Å². The highest BCUT2D eigenvalue weighted by molar-refractivity contribution is 5.48. The normalized spacial score (nSPS) is 13.2. The lowest BCUT2D eigenvalue weighted by molar-refractivity contribution is 0.244. The van der Waals surface area contributed by atoms with Gasteiger partial charge in [0.1, 0.15) is 0 Å². The second-order valence-electron chi connectivity index (χ2n) is 3.85. The maximum Gasteiger partial charge on any atom is 0.0493 e. The molecule has 0 aromatic heterocycles. The van der Waals surface area contributed by atoms with Crippen molar-refractivity contribution in [3.8, 4) is 0 Å². The largest absolute Gasteiger partial charge is 0.396 e. The Balaban J connectivity index is 2.47. The van der Waals surface area contributed by atoms with Crippen LogP contribution in [-0.4, -0.2) is 11.7 Å². The van der Waals surface area contributed by atoms with Crippen LogP contribution in [0.2, 0.25) is 0 Å². The average molecular weight is 204 g/mol. The number of hydrogen-bond donors (Lipinski definition) is 1. The molecule has 0 fully saturated rings. The Bertz CT molecular complexity index is 277. The SMILES string of the molecule is CCCCC(/C=C/c1ccccc1)CO. The third-order valence-corrected chi connectivity index (χ3v) is 2.52. The second-order valence-corrected chi connectivity index (χ2v) is 3.85. The van der Waals surface area contributed by atoms with E-state index in [0.717, 1.165) is 6.42 Å². The van der Waals surface area contributed by atoms with Gasteiger partial charge in [0.25, 0.3) is 0 Å². The van der Waals surface area contributed by atoms with E-state index in [1.54, 1.807) is 0 Å². The van der Waals surface area contributed by atoms with Crippen molar-refractivity contribution in [2.45, 2.75) is 26.2 Å². The van der Waals surface area contributed by atoms with E-state index in [1.807, 2.05) is 18.2 Å². The fourth-order valence-corrected chi connectivity index (χ4v) is 1.53. The maximum absolute atomic E-state index is 9.18. The van der Waals surface area contributed by atoms with Crippen LogP contribution >= 0.6 is 0 Å². The van der Waals surface area contributed by atoms with E-state index in [2.05, 4.69) is 31.2 Å². The van der Waals surface area contributed by atoms with Crippen molar-refractivity contribution in [3.63, 3.8) is 0 Å². The Morgan fingerprint density at radius 2 is 2.00 bits per heavy atom. The molecule has 0 aliphatic heterocycles. The van der Waals surface area contributed by atoms with Gasteiger partial charge in [-0.05, 0) is 12.0 Å². The Hall–Kier alpha value is -1.08. The van der Waals surface area contributed by atoms with Crippen LogP contribution in [0.3, 0.4) is 0 Å². The van der Waals surface area contributed by atoms with Crippen molar-refractivity contribution in [2.24, 2.45) is 5.92 Å². The van der Waals surface area contributed by atoms with Crippen LogP contribution in [0.1, 0.15) is 31.7 Å². The number of rotatable bonds is 6. The van der Waals surface area contributed by atoms with E-state index in [1.165, 1.54) is 18.4 Å². The van der Waals surface area contributed by atoms with Crippen LogP contribution in [0.15, 0.2) is 36.4 Å². The van der Waals surface area contributed by atoms with Gasteiger partial charge in [-0.25, -0.2) is 0 Å². The number of aliphatic hydroxyl groups excluding tert-OH is 1. The number of aliphatic hydroxyl groups is 1. The summed E-state index contributed by atoms with van der Waals surface area (Å²) in [5.41, 5.74) is 1.20. The summed E-state index contributed by atoms with van der Waals surface area (Å²) in [4.78, 5) is 0. The molecule has 0 aliphatic rings. The van der Waals surface area contributed by atoms with Crippen LogP contribution in [-0.2, 0) is 0 Å². The van der Waals surface area contributed by atoms with Gasteiger partial charge in [0.05, 0.1) is 0 Å². The molecular weight excluding hydrogens is 184 g/mol. The van der Waals surface area contributed by atoms with Crippen molar-refractivity contribution in [2.75, 3.05) is 6.61 Å². The molecule has 1 atom stereocenters. The van der Waals surface area contributed by atoms with Crippen molar-refractivity contribution in [3.05, 3.63) is 42.0 Å². The zero-order valence-electron chi connectivity index (χ0n) is 9.39. The number of hydrogen-bond acceptors (Lipinski definition) is 1. The Kier molecular flexibility index (Phi) is 5.79. The van der Waals surface area contributed by atoms with E-state index in [-0.39, 0.29) is 6.61 Å². The molecular formula is C14H20O. The molecule has 1 unspecified atom stereocenters. The van der Waals surface area contributed by atoms with Crippen LogP contribution in [0, 0.1) is 5.92 Å². The highest BCUT2D eigenvalue weighted by atomic mass is 16.3. The predicted molar refractivity (Wildman–Crippen MR) is 65.6 cm³/mol. The van der Waals surface area contributed by atoms with Crippen LogP contribution in [0.25, 0.3) is 6.08 Å². The first-order chi connectivity index (χ1) is 7.36.